The summed E-state index contributed by atoms with van der Waals surface area (Å²) in [6.45, 7) is 1.87. The zero-order chi connectivity index (χ0) is 16.7. The van der Waals surface area contributed by atoms with Crippen molar-refractivity contribution in [3.63, 3.8) is 0 Å². The maximum Gasteiger partial charge on any atom is 0.276 e. The van der Waals surface area contributed by atoms with Crippen molar-refractivity contribution in [2.75, 3.05) is 5.32 Å². The van der Waals surface area contributed by atoms with Gasteiger partial charge in [-0.2, -0.15) is 0 Å². The van der Waals surface area contributed by atoms with Crippen molar-refractivity contribution in [2.45, 2.75) is 44.7 Å². The molecular formula is C18H20N4O2. The van der Waals surface area contributed by atoms with Gasteiger partial charge < -0.3 is 10.6 Å². The summed E-state index contributed by atoms with van der Waals surface area (Å²) in [5, 5.41) is 6.18. The minimum atomic E-state index is -0.561. The number of pyridine rings is 2. The normalized spacial score (nSPS) is 18.3. The lowest BCUT2D eigenvalue weighted by molar-refractivity contribution is 0.0876. The number of aryl methyl sites for hydroxylation is 1. The van der Waals surface area contributed by atoms with Crippen LogP contribution in [0.15, 0.2) is 35.3 Å². The second kappa shape index (κ2) is 5.47. The molecule has 124 valence electrons. The van der Waals surface area contributed by atoms with Gasteiger partial charge in [-0.05, 0) is 56.4 Å². The number of nitrogens with one attached hydrogen (secondary N) is 2. The van der Waals surface area contributed by atoms with Crippen LogP contribution in [0, 0.1) is 6.92 Å². The number of carbonyl (C=O) groups is 1. The van der Waals surface area contributed by atoms with Crippen LogP contribution < -0.4 is 16.2 Å². The Morgan fingerprint density at radius 3 is 2.71 bits per heavy atom. The zero-order valence-corrected chi connectivity index (χ0v) is 13.6. The van der Waals surface area contributed by atoms with E-state index in [4.69, 9.17) is 0 Å². The highest BCUT2D eigenvalue weighted by atomic mass is 16.2. The van der Waals surface area contributed by atoms with Crippen molar-refractivity contribution in [3.05, 3.63) is 52.1 Å². The molecule has 1 saturated carbocycles. The van der Waals surface area contributed by atoms with Crippen LogP contribution in [-0.4, -0.2) is 15.5 Å². The van der Waals surface area contributed by atoms with E-state index in [0.717, 1.165) is 37.7 Å². The molecule has 2 aromatic heterocycles. The molecule has 0 saturated heterocycles. The summed E-state index contributed by atoms with van der Waals surface area (Å²) in [4.78, 5) is 29.8. The molecule has 1 fully saturated rings. The number of carbonyl (C=O) groups excluding carboxylic acids is 1. The van der Waals surface area contributed by atoms with E-state index in [9.17, 15) is 9.59 Å². The van der Waals surface area contributed by atoms with Crippen LogP contribution in [0.5, 0.6) is 0 Å². The zero-order valence-electron chi connectivity index (χ0n) is 13.6. The van der Waals surface area contributed by atoms with E-state index in [2.05, 4.69) is 15.6 Å². The first-order valence-corrected chi connectivity index (χ1v) is 8.38. The Morgan fingerprint density at radius 1 is 1.21 bits per heavy atom. The summed E-state index contributed by atoms with van der Waals surface area (Å²) < 4.78 is 1.69. The molecule has 1 aliphatic carbocycles. The van der Waals surface area contributed by atoms with E-state index in [1.807, 2.05) is 25.1 Å². The molecule has 0 bridgehead atoms. The molecule has 24 heavy (non-hydrogen) atoms. The molecule has 0 atom stereocenters. The number of amides is 1. The van der Waals surface area contributed by atoms with Crippen molar-refractivity contribution in [2.24, 2.45) is 0 Å². The minimum absolute atomic E-state index is 0.143. The number of rotatable bonds is 2. The quantitative estimate of drug-likeness (QED) is 0.890. The highest BCUT2D eigenvalue weighted by Gasteiger charge is 2.45. The van der Waals surface area contributed by atoms with Crippen LogP contribution in [0.3, 0.4) is 0 Å². The molecule has 4 rings (SSSR count). The van der Waals surface area contributed by atoms with Gasteiger partial charge in [-0.3, -0.25) is 14.2 Å². The molecule has 0 radical (unpaired) electrons. The standard InChI is InChI=1S/C18H20N4O2/c1-12-11-13(20-14-7-3-6-10-19-14)17(24)22-15(12)16(23)21-18(22)8-4-2-5-9-18/h3,6-7,10-11H,2,4-5,8-9H2,1H3,(H,19,20)(H,21,23). The van der Waals surface area contributed by atoms with E-state index in [0.29, 0.717) is 17.2 Å². The molecule has 2 N–H and O–H groups in total. The summed E-state index contributed by atoms with van der Waals surface area (Å²) in [5.74, 6) is 0.473. The van der Waals surface area contributed by atoms with Gasteiger partial charge in [0, 0.05) is 6.20 Å². The molecule has 6 nitrogen and oxygen atoms in total. The predicted octanol–water partition coefficient (Wildman–Crippen LogP) is 2.66. The van der Waals surface area contributed by atoms with E-state index in [1.165, 1.54) is 0 Å². The second-order valence-corrected chi connectivity index (χ2v) is 6.62. The minimum Gasteiger partial charge on any atom is -0.336 e. The van der Waals surface area contributed by atoms with Crippen LogP contribution in [-0.2, 0) is 5.66 Å². The number of fused-ring (bicyclic) bond motifs is 2. The number of nitrogens with zero attached hydrogens (tertiary/aromatic N) is 2. The van der Waals surface area contributed by atoms with Crippen molar-refractivity contribution in [1.29, 1.82) is 0 Å². The summed E-state index contributed by atoms with van der Waals surface area (Å²) in [7, 11) is 0. The monoisotopic (exact) mass is 324 g/mol. The van der Waals surface area contributed by atoms with E-state index >= 15 is 0 Å². The maximum atomic E-state index is 13.1. The molecule has 2 aliphatic rings. The van der Waals surface area contributed by atoms with E-state index < -0.39 is 5.66 Å². The molecule has 3 heterocycles. The number of hydrogen-bond acceptors (Lipinski definition) is 4. The van der Waals surface area contributed by atoms with Gasteiger partial charge in [-0.1, -0.05) is 12.5 Å². The Kier molecular flexibility index (Phi) is 3.40. The first kappa shape index (κ1) is 14.9. The molecule has 1 aliphatic heterocycles. The van der Waals surface area contributed by atoms with Gasteiger partial charge in [0.15, 0.2) is 0 Å². The third kappa shape index (κ3) is 2.21. The number of aromatic nitrogens is 2. The van der Waals surface area contributed by atoms with Crippen molar-refractivity contribution < 1.29 is 4.79 Å². The van der Waals surface area contributed by atoms with Gasteiger partial charge in [0.05, 0.1) is 0 Å². The third-order valence-corrected chi connectivity index (χ3v) is 4.99. The largest absolute Gasteiger partial charge is 0.336 e. The van der Waals surface area contributed by atoms with Crippen LogP contribution in [0.1, 0.15) is 48.2 Å². The van der Waals surface area contributed by atoms with Crippen LogP contribution >= 0.6 is 0 Å². The number of hydrogen-bond donors (Lipinski definition) is 2. The van der Waals surface area contributed by atoms with Crippen molar-refractivity contribution >= 4 is 17.4 Å². The van der Waals surface area contributed by atoms with Gasteiger partial charge >= 0.3 is 0 Å². The second-order valence-electron chi connectivity index (χ2n) is 6.62. The Morgan fingerprint density at radius 2 is 2.00 bits per heavy atom. The van der Waals surface area contributed by atoms with Crippen molar-refractivity contribution in [3.8, 4) is 0 Å². The first-order valence-electron chi connectivity index (χ1n) is 8.38. The van der Waals surface area contributed by atoms with Gasteiger partial charge in [0.2, 0.25) is 0 Å². The van der Waals surface area contributed by atoms with Crippen LogP contribution in [0.25, 0.3) is 0 Å². The van der Waals surface area contributed by atoms with Gasteiger partial charge in [-0.25, -0.2) is 4.98 Å². The van der Waals surface area contributed by atoms with Gasteiger partial charge in [0.25, 0.3) is 11.5 Å². The molecule has 6 heteroatoms. The fraction of sp³-hybridized carbons (Fsp3) is 0.389. The summed E-state index contributed by atoms with van der Waals surface area (Å²) in [6, 6.07) is 7.24. The van der Waals surface area contributed by atoms with Gasteiger partial charge in [-0.15, -0.1) is 0 Å². The fourth-order valence-corrected chi connectivity index (χ4v) is 3.91. The number of anilines is 2. The Bertz CT molecular complexity index is 851. The highest BCUT2D eigenvalue weighted by Crippen LogP contribution is 2.37. The lowest BCUT2D eigenvalue weighted by Crippen LogP contribution is -2.48. The Labute approximate surface area is 139 Å². The smallest absolute Gasteiger partial charge is 0.276 e. The highest BCUT2D eigenvalue weighted by molar-refractivity contribution is 5.97. The molecule has 0 aromatic carbocycles. The van der Waals surface area contributed by atoms with E-state index in [1.54, 1.807) is 16.8 Å². The van der Waals surface area contributed by atoms with E-state index in [-0.39, 0.29) is 11.5 Å². The van der Waals surface area contributed by atoms with Crippen LogP contribution in [0.4, 0.5) is 11.5 Å². The Hall–Kier alpha value is -2.63. The molecular weight excluding hydrogens is 304 g/mol. The average molecular weight is 324 g/mol. The lowest BCUT2D eigenvalue weighted by Gasteiger charge is -2.35. The molecule has 2 aromatic rings. The summed E-state index contributed by atoms with van der Waals surface area (Å²) >= 11 is 0. The summed E-state index contributed by atoms with van der Waals surface area (Å²) in [5.41, 5.74) is 1.02. The lowest BCUT2D eigenvalue weighted by atomic mass is 9.89. The first-order chi connectivity index (χ1) is 11.6. The molecule has 0 unspecified atom stereocenters. The topological polar surface area (TPSA) is 76.0 Å². The SMILES string of the molecule is Cc1cc(Nc2ccccn2)c(=O)n2c1C(=O)NC21CCCCC1. The maximum absolute atomic E-state index is 13.1. The van der Waals surface area contributed by atoms with Crippen molar-refractivity contribution in [1.82, 2.24) is 14.9 Å². The predicted molar refractivity (Wildman–Crippen MR) is 91.5 cm³/mol. The van der Waals surface area contributed by atoms with Crippen LogP contribution in [0.2, 0.25) is 0 Å². The Balaban J connectivity index is 1.85. The average Bonchev–Trinajstić information content (AvgIpc) is 2.86. The molecule has 1 spiro atoms. The molecule has 1 amide bonds. The van der Waals surface area contributed by atoms with Gasteiger partial charge in [0.1, 0.15) is 22.9 Å². The third-order valence-electron chi connectivity index (χ3n) is 4.99. The fourth-order valence-electron chi connectivity index (χ4n) is 3.91. The summed E-state index contributed by atoms with van der Waals surface area (Å²) in [6.07, 6.45) is 6.46.